The van der Waals surface area contributed by atoms with E-state index < -0.39 is 0 Å². The Morgan fingerprint density at radius 1 is 1.27 bits per heavy atom. The second-order valence-electron chi connectivity index (χ2n) is 4.68. The van der Waals surface area contributed by atoms with Gasteiger partial charge in [-0.15, -0.1) is 0 Å². The van der Waals surface area contributed by atoms with E-state index >= 15 is 0 Å². The van der Waals surface area contributed by atoms with Crippen molar-refractivity contribution in [1.82, 2.24) is 10.3 Å². The van der Waals surface area contributed by atoms with E-state index in [4.69, 9.17) is 0 Å². The van der Waals surface area contributed by atoms with Crippen LogP contribution in [0.3, 0.4) is 0 Å². The molecule has 0 bridgehead atoms. The van der Waals surface area contributed by atoms with Crippen molar-refractivity contribution in [2.24, 2.45) is 0 Å². The van der Waals surface area contributed by atoms with E-state index in [1.54, 1.807) is 38.1 Å². The van der Waals surface area contributed by atoms with Crippen LogP contribution in [-0.4, -0.2) is 21.9 Å². The van der Waals surface area contributed by atoms with E-state index in [0.717, 1.165) is 16.9 Å². The molecule has 22 heavy (non-hydrogen) atoms. The monoisotopic (exact) mass is 319 g/mol. The Hall–Kier alpha value is -2.41. The Labute approximate surface area is 132 Å². The van der Waals surface area contributed by atoms with Gasteiger partial charge in [0.2, 0.25) is 5.91 Å². The topological polar surface area (TPSA) is 91.3 Å². The summed E-state index contributed by atoms with van der Waals surface area (Å²) in [5.74, 6) is -0.186. The second-order valence-corrected chi connectivity index (χ2v) is 5.68. The van der Waals surface area contributed by atoms with Crippen molar-refractivity contribution in [2.75, 3.05) is 5.32 Å². The molecule has 0 radical (unpaired) electrons. The quantitative estimate of drug-likeness (QED) is 0.789. The average molecular weight is 319 g/mol. The van der Waals surface area contributed by atoms with Gasteiger partial charge in [-0.1, -0.05) is 30.4 Å². The number of phenols is 1. The highest BCUT2D eigenvalue weighted by Gasteiger charge is 2.16. The third kappa shape index (κ3) is 4.05. The Balaban J connectivity index is 2.00. The van der Waals surface area contributed by atoms with Crippen LogP contribution >= 0.6 is 11.3 Å². The third-order valence-electron chi connectivity index (χ3n) is 2.96. The lowest BCUT2D eigenvalue weighted by Crippen LogP contribution is -2.22. The van der Waals surface area contributed by atoms with Gasteiger partial charge >= 0.3 is 0 Å². The van der Waals surface area contributed by atoms with Gasteiger partial charge in [0.1, 0.15) is 10.6 Å². The highest BCUT2D eigenvalue weighted by Crippen LogP contribution is 2.22. The molecule has 0 atom stereocenters. The molecule has 0 saturated carbocycles. The van der Waals surface area contributed by atoms with Crippen LogP contribution in [-0.2, 0) is 11.3 Å². The minimum Gasteiger partial charge on any atom is -0.508 e. The summed E-state index contributed by atoms with van der Waals surface area (Å²) >= 11 is 1.15. The molecule has 0 aliphatic carbocycles. The third-order valence-corrected chi connectivity index (χ3v) is 4.03. The number of aromatic nitrogens is 1. The number of nitrogens with zero attached hydrogens (tertiary/aromatic N) is 1. The van der Waals surface area contributed by atoms with Gasteiger partial charge < -0.3 is 15.7 Å². The fourth-order valence-electron chi connectivity index (χ4n) is 1.74. The number of hydrogen-bond acceptors (Lipinski definition) is 5. The molecule has 3 N–H and O–H groups in total. The summed E-state index contributed by atoms with van der Waals surface area (Å²) in [5.41, 5.74) is 1.47. The number of anilines is 1. The largest absolute Gasteiger partial charge is 0.508 e. The minimum absolute atomic E-state index is 0.134. The number of thiazole rings is 1. The number of nitrogens with one attached hydrogen (secondary N) is 2. The summed E-state index contributed by atoms with van der Waals surface area (Å²) in [6.45, 7) is 3.84. The van der Waals surface area contributed by atoms with E-state index in [1.165, 1.54) is 0 Å². The number of phenolic OH excluding ortho intramolecular Hbond substituents is 1. The summed E-state index contributed by atoms with van der Waals surface area (Å²) in [6.07, 6.45) is 0.362. The van der Waals surface area contributed by atoms with Gasteiger partial charge in [-0.2, -0.15) is 0 Å². The fraction of sp³-hybridized carbons (Fsp3) is 0.267. The number of benzene rings is 1. The van der Waals surface area contributed by atoms with Crippen LogP contribution < -0.4 is 10.6 Å². The Morgan fingerprint density at radius 3 is 2.59 bits per heavy atom. The van der Waals surface area contributed by atoms with Crippen molar-refractivity contribution >= 4 is 28.3 Å². The lowest BCUT2D eigenvalue weighted by molar-refractivity contribution is -0.115. The molecular weight excluding hydrogens is 302 g/mol. The van der Waals surface area contributed by atoms with Crippen LogP contribution in [0.25, 0.3) is 0 Å². The van der Waals surface area contributed by atoms with Gasteiger partial charge in [0.25, 0.3) is 5.91 Å². The maximum absolute atomic E-state index is 12.2. The molecule has 0 fully saturated rings. The number of carbonyl (C=O) groups excluding carboxylic acids is 2. The molecule has 7 heteroatoms. The molecular formula is C15H17N3O3S. The summed E-state index contributed by atoms with van der Waals surface area (Å²) in [7, 11) is 0. The second kappa shape index (κ2) is 7.04. The van der Waals surface area contributed by atoms with Gasteiger partial charge in [0.15, 0.2) is 5.13 Å². The highest BCUT2D eigenvalue weighted by molar-refractivity contribution is 7.17. The van der Waals surface area contributed by atoms with Crippen molar-refractivity contribution < 1.29 is 14.7 Å². The predicted molar refractivity (Wildman–Crippen MR) is 85.0 cm³/mol. The number of aryl methyl sites for hydroxylation is 1. The zero-order valence-corrected chi connectivity index (χ0v) is 13.2. The van der Waals surface area contributed by atoms with Crippen LogP contribution in [0, 0.1) is 6.92 Å². The Kier molecular flexibility index (Phi) is 5.11. The highest BCUT2D eigenvalue weighted by atomic mass is 32.1. The molecule has 2 aromatic rings. The van der Waals surface area contributed by atoms with Crippen LogP contribution in [0.4, 0.5) is 5.13 Å². The maximum atomic E-state index is 12.2. The molecule has 0 saturated heterocycles. The zero-order valence-electron chi connectivity index (χ0n) is 12.3. The smallest absolute Gasteiger partial charge is 0.263 e. The number of amides is 2. The van der Waals surface area contributed by atoms with E-state index in [2.05, 4.69) is 15.6 Å². The van der Waals surface area contributed by atoms with Gasteiger partial charge in [0, 0.05) is 13.0 Å². The standard InChI is InChI=1S/C15H17N3O3S/c1-3-12(20)18-15-17-9(2)13(22-15)14(21)16-8-10-4-6-11(19)7-5-10/h4-7,19H,3,8H2,1-2H3,(H,16,21)(H,17,18,20). The molecule has 6 nitrogen and oxygen atoms in total. The van der Waals surface area contributed by atoms with Gasteiger partial charge in [-0.3, -0.25) is 9.59 Å². The van der Waals surface area contributed by atoms with E-state index in [1.807, 2.05) is 0 Å². The van der Waals surface area contributed by atoms with Crippen LogP contribution in [0.1, 0.15) is 34.3 Å². The van der Waals surface area contributed by atoms with Crippen molar-refractivity contribution in [3.05, 3.63) is 40.4 Å². The summed E-state index contributed by atoms with van der Waals surface area (Å²) in [4.78, 5) is 28.2. The molecule has 2 amide bonds. The molecule has 1 aromatic heterocycles. The van der Waals surface area contributed by atoms with E-state index in [0.29, 0.717) is 28.7 Å². The maximum Gasteiger partial charge on any atom is 0.263 e. The lowest BCUT2D eigenvalue weighted by atomic mass is 10.2. The van der Waals surface area contributed by atoms with Crippen molar-refractivity contribution in [3.63, 3.8) is 0 Å². The summed E-state index contributed by atoms with van der Waals surface area (Å²) in [6, 6.07) is 6.61. The molecule has 116 valence electrons. The lowest BCUT2D eigenvalue weighted by Gasteiger charge is -2.04. The molecule has 1 aromatic carbocycles. The molecule has 0 spiro atoms. The molecule has 0 aliphatic heterocycles. The first-order chi connectivity index (χ1) is 10.5. The van der Waals surface area contributed by atoms with Crippen molar-refractivity contribution in [2.45, 2.75) is 26.8 Å². The number of hydrogen-bond donors (Lipinski definition) is 3. The Bertz CT molecular complexity index is 680. The Morgan fingerprint density at radius 2 is 1.95 bits per heavy atom. The van der Waals surface area contributed by atoms with Crippen LogP contribution in [0.5, 0.6) is 5.75 Å². The first-order valence-corrected chi connectivity index (χ1v) is 7.64. The van der Waals surface area contributed by atoms with Crippen molar-refractivity contribution in [3.8, 4) is 5.75 Å². The van der Waals surface area contributed by atoms with E-state index in [9.17, 15) is 14.7 Å². The number of carbonyl (C=O) groups is 2. The van der Waals surface area contributed by atoms with Gasteiger partial charge in [-0.25, -0.2) is 4.98 Å². The van der Waals surface area contributed by atoms with Crippen molar-refractivity contribution in [1.29, 1.82) is 0 Å². The zero-order chi connectivity index (χ0) is 16.1. The average Bonchev–Trinajstić information content (AvgIpc) is 2.86. The SMILES string of the molecule is CCC(=O)Nc1nc(C)c(C(=O)NCc2ccc(O)cc2)s1. The minimum atomic E-state index is -0.236. The van der Waals surface area contributed by atoms with Gasteiger partial charge in [-0.05, 0) is 24.6 Å². The van der Waals surface area contributed by atoms with Crippen LogP contribution in [0.15, 0.2) is 24.3 Å². The molecule has 0 aliphatic rings. The van der Waals surface area contributed by atoms with Crippen LogP contribution in [0.2, 0.25) is 0 Å². The fourth-order valence-corrected chi connectivity index (χ4v) is 2.64. The normalized spacial score (nSPS) is 10.3. The molecule has 2 rings (SSSR count). The number of rotatable bonds is 5. The number of aromatic hydroxyl groups is 1. The van der Waals surface area contributed by atoms with E-state index in [-0.39, 0.29) is 17.6 Å². The predicted octanol–water partition coefficient (Wildman–Crippen LogP) is 2.44. The summed E-state index contributed by atoms with van der Waals surface area (Å²) in [5, 5.41) is 15.1. The van der Waals surface area contributed by atoms with Gasteiger partial charge in [0.05, 0.1) is 5.69 Å². The molecule has 0 unspecified atom stereocenters. The molecule has 1 heterocycles. The summed E-state index contributed by atoms with van der Waals surface area (Å²) < 4.78 is 0. The first-order valence-electron chi connectivity index (χ1n) is 6.83. The first kappa shape index (κ1) is 16.0.